The van der Waals surface area contributed by atoms with Crippen LogP contribution in [0.2, 0.25) is 0 Å². The minimum Gasteiger partial charge on any atom is -0.478 e. The fraction of sp³-hybridized carbons (Fsp3) is 0.0714. The van der Waals surface area contributed by atoms with Crippen LogP contribution in [0.3, 0.4) is 0 Å². The van der Waals surface area contributed by atoms with Crippen molar-refractivity contribution < 1.29 is 23.1 Å². The third-order valence-corrected chi connectivity index (χ3v) is 4.14. The number of hydrogen-bond donors (Lipinski definition) is 1. The van der Waals surface area contributed by atoms with Crippen molar-refractivity contribution in [2.75, 3.05) is 0 Å². The van der Waals surface area contributed by atoms with Gasteiger partial charge in [0.05, 0.1) is 11.1 Å². The summed E-state index contributed by atoms with van der Waals surface area (Å²) in [7, 11) is 0. The molecular formula is C14H8BrF3O2S. The number of rotatable bonds is 3. The zero-order valence-electron chi connectivity index (χ0n) is 10.3. The van der Waals surface area contributed by atoms with Gasteiger partial charge in [-0.2, -0.15) is 13.2 Å². The molecule has 110 valence electrons. The molecule has 0 heterocycles. The smallest absolute Gasteiger partial charge is 0.416 e. The number of halogens is 4. The first-order valence-electron chi connectivity index (χ1n) is 5.65. The van der Waals surface area contributed by atoms with Crippen LogP contribution in [0.5, 0.6) is 0 Å². The molecule has 2 nitrogen and oxygen atoms in total. The van der Waals surface area contributed by atoms with Crippen LogP contribution >= 0.6 is 27.7 Å². The number of carbonyl (C=O) groups is 1. The lowest BCUT2D eigenvalue weighted by Gasteiger charge is -2.09. The van der Waals surface area contributed by atoms with Crippen LogP contribution < -0.4 is 0 Å². The molecule has 0 fully saturated rings. The number of carboxylic acids is 1. The van der Waals surface area contributed by atoms with Crippen LogP contribution in [-0.2, 0) is 6.18 Å². The highest BCUT2D eigenvalue weighted by molar-refractivity contribution is 9.10. The average molecular weight is 377 g/mol. The van der Waals surface area contributed by atoms with Crippen LogP contribution in [0.1, 0.15) is 15.9 Å². The van der Waals surface area contributed by atoms with Crippen molar-refractivity contribution in [2.45, 2.75) is 16.0 Å². The molecule has 0 amide bonds. The second-order valence-electron chi connectivity index (χ2n) is 4.07. The van der Waals surface area contributed by atoms with E-state index in [1.165, 1.54) is 18.2 Å². The fourth-order valence-electron chi connectivity index (χ4n) is 1.60. The highest BCUT2D eigenvalue weighted by Crippen LogP contribution is 2.35. The molecular weight excluding hydrogens is 369 g/mol. The molecule has 0 saturated heterocycles. The van der Waals surface area contributed by atoms with Crippen molar-refractivity contribution in [1.82, 2.24) is 0 Å². The van der Waals surface area contributed by atoms with Gasteiger partial charge in [0.15, 0.2) is 0 Å². The van der Waals surface area contributed by atoms with E-state index in [1.54, 1.807) is 12.1 Å². The van der Waals surface area contributed by atoms with Gasteiger partial charge in [-0.05, 0) is 42.5 Å². The predicted molar refractivity (Wildman–Crippen MR) is 76.7 cm³/mol. The topological polar surface area (TPSA) is 37.3 Å². The molecule has 7 heteroatoms. The van der Waals surface area contributed by atoms with E-state index in [4.69, 9.17) is 5.11 Å². The Morgan fingerprint density at radius 1 is 1.10 bits per heavy atom. The van der Waals surface area contributed by atoms with Gasteiger partial charge in [-0.15, -0.1) is 0 Å². The van der Waals surface area contributed by atoms with Gasteiger partial charge in [-0.1, -0.05) is 27.7 Å². The van der Waals surface area contributed by atoms with Gasteiger partial charge >= 0.3 is 12.1 Å². The Morgan fingerprint density at radius 2 is 1.71 bits per heavy atom. The highest BCUT2D eigenvalue weighted by Gasteiger charge is 2.30. The SMILES string of the molecule is O=C(O)c1ccc(Br)cc1Sc1ccc(C(F)(F)F)cc1. The lowest BCUT2D eigenvalue weighted by atomic mass is 10.2. The maximum Gasteiger partial charge on any atom is 0.416 e. The minimum absolute atomic E-state index is 0.100. The van der Waals surface area contributed by atoms with Gasteiger partial charge in [0, 0.05) is 14.3 Å². The molecule has 0 radical (unpaired) electrons. The van der Waals surface area contributed by atoms with E-state index in [0.29, 0.717) is 14.3 Å². The maximum absolute atomic E-state index is 12.5. The first-order valence-corrected chi connectivity index (χ1v) is 7.26. The summed E-state index contributed by atoms with van der Waals surface area (Å²) < 4.78 is 38.1. The summed E-state index contributed by atoms with van der Waals surface area (Å²) in [6, 6.07) is 9.24. The van der Waals surface area contributed by atoms with E-state index >= 15 is 0 Å². The molecule has 2 aromatic rings. The standard InChI is InChI=1S/C14H8BrF3O2S/c15-9-3-6-11(13(19)20)12(7-9)21-10-4-1-8(2-5-10)14(16,17)18/h1-7H,(H,19,20). The normalized spacial score (nSPS) is 11.4. The van der Waals surface area contributed by atoms with Crippen molar-refractivity contribution >= 4 is 33.7 Å². The molecule has 0 atom stereocenters. The molecule has 0 aliphatic rings. The quantitative estimate of drug-likeness (QED) is 0.787. The number of benzene rings is 2. The second-order valence-corrected chi connectivity index (χ2v) is 6.10. The second kappa shape index (κ2) is 6.11. The summed E-state index contributed by atoms with van der Waals surface area (Å²) in [4.78, 5) is 12.1. The van der Waals surface area contributed by atoms with Crippen molar-refractivity contribution in [1.29, 1.82) is 0 Å². The number of carboxylic acid groups (broad SMARTS) is 1. The van der Waals surface area contributed by atoms with E-state index in [1.807, 2.05) is 0 Å². The zero-order valence-corrected chi connectivity index (χ0v) is 12.7. The van der Waals surface area contributed by atoms with Crippen molar-refractivity contribution in [3.05, 3.63) is 58.1 Å². The number of aromatic carboxylic acids is 1. The predicted octanol–water partition coefficient (Wildman–Crippen LogP) is 5.32. The Labute approximate surface area is 131 Å². The third-order valence-electron chi connectivity index (χ3n) is 2.58. The molecule has 0 aromatic heterocycles. The Morgan fingerprint density at radius 3 is 2.24 bits per heavy atom. The Balaban J connectivity index is 2.30. The largest absolute Gasteiger partial charge is 0.478 e. The average Bonchev–Trinajstić information content (AvgIpc) is 2.38. The van der Waals surface area contributed by atoms with E-state index < -0.39 is 17.7 Å². The van der Waals surface area contributed by atoms with Crippen molar-refractivity contribution in [2.24, 2.45) is 0 Å². The molecule has 0 aliphatic heterocycles. The monoisotopic (exact) mass is 376 g/mol. The summed E-state index contributed by atoms with van der Waals surface area (Å²) >= 11 is 4.34. The van der Waals surface area contributed by atoms with Gasteiger partial charge in [-0.3, -0.25) is 0 Å². The van der Waals surface area contributed by atoms with E-state index in [2.05, 4.69) is 15.9 Å². The van der Waals surface area contributed by atoms with Crippen LogP contribution in [-0.4, -0.2) is 11.1 Å². The van der Waals surface area contributed by atoms with Crippen LogP contribution in [0.15, 0.2) is 56.7 Å². The molecule has 21 heavy (non-hydrogen) atoms. The number of alkyl halides is 3. The van der Waals surface area contributed by atoms with Gasteiger partial charge in [0.1, 0.15) is 0 Å². The molecule has 0 bridgehead atoms. The summed E-state index contributed by atoms with van der Waals surface area (Å²) in [6.07, 6.45) is -4.38. The summed E-state index contributed by atoms with van der Waals surface area (Å²) in [5, 5.41) is 9.11. The molecule has 0 spiro atoms. The Bertz CT molecular complexity index is 669. The molecule has 2 rings (SSSR count). The summed E-state index contributed by atoms with van der Waals surface area (Å²) in [5.74, 6) is -1.09. The van der Waals surface area contributed by atoms with E-state index in [9.17, 15) is 18.0 Å². The molecule has 0 aliphatic carbocycles. The van der Waals surface area contributed by atoms with Gasteiger partial charge in [-0.25, -0.2) is 4.79 Å². The van der Waals surface area contributed by atoms with Crippen LogP contribution in [0, 0.1) is 0 Å². The lowest BCUT2D eigenvalue weighted by Crippen LogP contribution is -2.04. The van der Waals surface area contributed by atoms with Crippen molar-refractivity contribution in [3.8, 4) is 0 Å². The fourth-order valence-corrected chi connectivity index (χ4v) is 3.09. The zero-order chi connectivity index (χ0) is 15.6. The Kier molecular flexibility index (Phi) is 4.63. The third kappa shape index (κ3) is 4.01. The van der Waals surface area contributed by atoms with E-state index in [0.717, 1.165) is 23.9 Å². The lowest BCUT2D eigenvalue weighted by molar-refractivity contribution is -0.137. The van der Waals surface area contributed by atoms with Crippen LogP contribution in [0.4, 0.5) is 13.2 Å². The summed E-state index contributed by atoms with van der Waals surface area (Å²) in [6.45, 7) is 0. The Hall–Kier alpha value is -1.47. The maximum atomic E-state index is 12.5. The van der Waals surface area contributed by atoms with Crippen LogP contribution in [0.25, 0.3) is 0 Å². The minimum atomic E-state index is -4.38. The van der Waals surface area contributed by atoms with Crippen molar-refractivity contribution in [3.63, 3.8) is 0 Å². The molecule has 0 saturated carbocycles. The molecule has 0 unspecified atom stereocenters. The van der Waals surface area contributed by atoms with E-state index in [-0.39, 0.29) is 5.56 Å². The first kappa shape index (κ1) is 15.9. The summed E-state index contributed by atoms with van der Waals surface area (Å²) in [5.41, 5.74) is -0.636. The van der Waals surface area contributed by atoms with Gasteiger partial charge in [0.25, 0.3) is 0 Å². The molecule has 1 N–H and O–H groups in total. The van der Waals surface area contributed by atoms with Gasteiger partial charge in [0.2, 0.25) is 0 Å². The molecule has 2 aromatic carbocycles. The first-order chi connectivity index (χ1) is 9.77. The highest BCUT2D eigenvalue weighted by atomic mass is 79.9. The number of hydrogen-bond acceptors (Lipinski definition) is 2. The van der Waals surface area contributed by atoms with Gasteiger partial charge < -0.3 is 5.11 Å².